The molecule has 8 heteroatoms. The molecule has 0 aliphatic rings. The lowest BCUT2D eigenvalue weighted by molar-refractivity contribution is -0.140. The van der Waals surface area contributed by atoms with E-state index in [0.717, 1.165) is 0 Å². The van der Waals surface area contributed by atoms with Crippen LogP contribution < -0.4 is 0 Å². The number of hydrogen-bond donors (Lipinski definition) is 1. The summed E-state index contributed by atoms with van der Waals surface area (Å²) in [4.78, 5) is 2.12. The first kappa shape index (κ1) is 15.0. The average molecular weight is 340 g/mol. The van der Waals surface area contributed by atoms with E-state index in [2.05, 4.69) is 4.98 Å². The molecule has 2 nitrogen and oxygen atoms in total. The molecule has 2 aromatic rings. The highest BCUT2D eigenvalue weighted by Crippen LogP contribution is 2.40. The third-order valence-electron chi connectivity index (χ3n) is 2.54. The summed E-state index contributed by atoms with van der Waals surface area (Å²) < 4.78 is 38.3. The Labute approximate surface area is 126 Å². The molecule has 1 N–H and O–H groups in total. The lowest BCUT2D eigenvalue weighted by Crippen LogP contribution is -2.05. The van der Waals surface area contributed by atoms with Crippen molar-refractivity contribution in [1.82, 2.24) is 4.98 Å². The maximum absolute atomic E-state index is 12.8. The van der Waals surface area contributed by atoms with Crippen molar-refractivity contribution in [3.63, 3.8) is 0 Å². The molecule has 20 heavy (non-hydrogen) atoms. The SMILES string of the molecule is N#Cc1c(-c2ccc(Cl)c(Cl)c2)[nH]c(C(F)(F)F)c1Cl. The quantitative estimate of drug-likeness (QED) is 0.728. The smallest absolute Gasteiger partial charge is 0.349 e. The summed E-state index contributed by atoms with van der Waals surface area (Å²) in [6.45, 7) is 0. The fourth-order valence-corrected chi connectivity index (χ4v) is 2.23. The van der Waals surface area contributed by atoms with E-state index in [1.54, 1.807) is 6.07 Å². The van der Waals surface area contributed by atoms with Crippen LogP contribution in [0.25, 0.3) is 11.3 Å². The minimum Gasteiger partial charge on any atom is -0.349 e. The summed E-state index contributed by atoms with van der Waals surface area (Å²) in [5, 5.41) is 8.73. The molecule has 0 spiro atoms. The third-order valence-corrected chi connectivity index (χ3v) is 3.66. The number of benzene rings is 1. The molecular formula is C12H4Cl3F3N2. The Balaban J connectivity index is 2.69. The molecule has 0 amide bonds. The number of halogens is 6. The minimum absolute atomic E-state index is 0.0524. The summed E-state index contributed by atoms with van der Waals surface area (Å²) in [6.07, 6.45) is -4.68. The second-order valence-corrected chi connectivity index (χ2v) is 4.99. The van der Waals surface area contributed by atoms with Gasteiger partial charge in [-0.15, -0.1) is 0 Å². The largest absolute Gasteiger partial charge is 0.432 e. The van der Waals surface area contributed by atoms with E-state index in [4.69, 9.17) is 40.1 Å². The molecule has 104 valence electrons. The van der Waals surface area contributed by atoms with Crippen molar-refractivity contribution in [3.8, 4) is 17.3 Å². The van der Waals surface area contributed by atoms with Crippen molar-refractivity contribution >= 4 is 34.8 Å². The van der Waals surface area contributed by atoms with Crippen molar-refractivity contribution in [3.05, 3.63) is 44.5 Å². The Morgan fingerprint density at radius 1 is 1.10 bits per heavy atom. The van der Waals surface area contributed by atoms with Gasteiger partial charge in [-0.2, -0.15) is 18.4 Å². The molecule has 0 aliphatic heterocycles. The molecule has 0 saturated carbocycles. The van der Waals surface area contributed by atoms with Gasteiger partial charge in [0.25, 0.3) is 0 Å². The lowest BCUT2D eigenvalue weighted by Gasteiger charge is -2.04. The first-order valence-corrected chi connectivity index (χ1v) is 6.23. The first-order valence-electron chi connectivity index (χ1n) is 5.10. The predicted octanol–water partition coefficient (Wildman–Crippen LogP) is 5.53. The summed E-state index contributed by atoms with van der Waals surface area (Å²) in [7, 11) is 0. The number of nitrogens with one attached hydrogen (secondary N) is 1. The van der Waals surface area contributed by atoms with Crippen molar-refractivity contribution in [2.24, 2.45) is 0 Å². The van der Waals surface area contributed by atoms with Crippen LogP contribution in [0.5, 0.6) is 0 Å². The predicted molar refractivity (Wildman–Crippen MR) is 71.0 cm³/mol. The molecule has 0 bridgehead atoms. The van der Waals surface area contributed by atoms with E-state index in [1.165, 1.54) is 18.2 Å². The number of hydrogen-bond acceptors (Lipinski definition) is 1. The third kappa shape index (κ3) is 2.59. The molecule has 0 radical (unpaired) electrons. The zero-order valence-electron chi connectivity index (χ0n) is 9.45. The second-order valence-electron chi connectivity index (χ2n) is 3.80. The van der Waals surface area contributed by atoms with E-state index in [1.807, 2.05) is 0 Å². The normalized spacial score (nSPS) is 11.4. The molecular weight excluding hydrogens is 335 g/mol. The van der Waals surface area contributed by atoms with Gasteiger partial charge in [0, 0.05) is 5.56 Å². The van der Waals surface area contributed by atoms with Crippen LogP contribution in [0.15, 0.2) is 18.2 Å². The Kier molecular flexibility index (Phi) is 3.92. The monoisotopic (exact) mass is 338 g/mol. The highest BCUT2D eigenvalue weighted by Gasteiger charge is 2.37. The van der Waals surface area contributed by atoms with E-state index < -0.39 is 16.9 Å². The van der Waals surface area contributed by atoms with Gasteiger partial charge in [-0.1, -0.05) is 40.9 Å². The van der Waals surface area contributed by atoms with Crippen molar-refractivity contribution < 1.29 is 13.2 Å². The maximum Gasteiger partial charge on any atom is 0.432 e. The van der Waals surface area contributed by atoms with Crippen LogP contribution in [0.4, 0.5) is 13.2 Å². The number of nitrogens with zero attached hydrogens (tertiary/aromatic N) is 1. The molecule has 0 unspecified atom stereocenters. The molecule has 0 aliphatic carbocycles. The average Bonchev–Trinajstić information content (AvgIpc) is 2.69. The van der Waals surface area contributed by atoms with Crippen LogP contribution in [0, 0.1) is 11.3 Å². The molecule has 0 atom stereocenters. The summed E-state index contributed by atoms with van der Waals surface area (Å²) in [6, 6.07) is 5.86. The van der Waals surface area contributed by atoms with E-state index in [0.29, 0.717) is 0 Å². The highest BCUT2D eigenvalue weighted by atomic mass is 35.5. The Hall–Kier alpha value is -1.35. The maximum atomic E-state index is 12.8. The highest BCUT2D eigenvalue weighted by molar-refractivity contribution is 6.42. The number of H-pyrrole nitrogens is 1. The second kappa shape index (κ2) is 5.21. The standard InChI is InChI=1S/C12H4Cl3F3N2/c13-7-2-1-5(3-8(7)14)10-6(4-19)9(15)11(20-10)12(16,17)18/h1-3,20H. The zero-order chi connectivity index (χ0) is 15.1. The van der Waals surface area contributed by atoms with Gasteiger partial charge in [-0.05, 0) is 12.1 Å². The summed E-state index contributed by atoms with van der Waals surface area (Å²) >= 11 is 17.2. The zero-order valence-corrected chi connectivity index (χ0v) is 11.7. The number of aromatic nitrogens is 1. The van der Waals surface area contributed by atoms with Gasteiger partial charge in [-0.25, -0.2) is 0 Å². The number of nitriles is 1. The molecule has 0 saturated heterocycles. The van der Waals surface area contributed by atoms with E-state index in [-0.39, 0.29) is 26.9 Å². The van der Waals surface area contributed by atoms with Crippen LogP contribution in [0.2, 0.25) is 15.1 Å². The van der Waals surface area contributed by atoms with Crippen LogP contribution in [-0.4, -0.2) is 4.98 Å². The first-order chi connectivity index (χ1) is 9.25. The van der Waals surface area contributed by atoms with Gasteiger partial charge in [0.2, 0.25) is 0 Å². The van der Waals surface area contributed by atoms with Crippen molar-refractivity contribution in [2.75, 3.05) is 0 Å². The van der Waals surface area contributed by atoms with Gasteiger partial charge >= 0.3 is 6.18 Å². The molecule has 0 fully saturated rings. The van der Waals surface area contributed by atoms with Gasteiger partial charge in [-0.3, -0.25) is 0 Å². The Morgan fingerprint density at radius 3 is 2.25 bits per heavy atom. The topological polar surface area (TPSA) is 39.6 Å². The van der Waals surface area contributed by atoms with Crippen LogP contribution in [0.1, 0.15) is 11.3 Å². The number of aromatic amines is 1. The summed E-state index contributed by atoms with van der Waals surface area (Å²) in [5.41, 5.74) is -1.23. The number of rotatable bonds is 1. The van der Waals surface area contributed by atoms with E-state index >= 15 is 0 Å². The van der Waals surface area contributed by atoms with E-state index in [9.17, 15) is 13.2 Å². The molecule has 2 rings (SSSR count). The fraction of sp³-hybridized carbons (Fsp3) is 0.0833. The van der Waals surface area contributed by atoms with Gasteiger partial charge in [0.15, 0.2) is 0 Å². The van der Waals surface area contributed by atoms with Gasteiger partial charge in [0.05, 0.1) is 26.3 Å². The molecule has 1 aromatic heterocycles. The fourth-order valence-electron chi connectivity index (χ4n) is 1.65. The van der Waals surface area contributed by atoms with Crippen molar-refractivity contribution in [2.45, 2.75) is 6.18 Å². The van der Waals surface area contributed by atoms with Crippen LogP contribution >= 0.6 is 34.8 Å². The van der Waals surface area contributed by atoms with Crippen molar-refractivity contribution in [1.29, 1.82) is 5.26 Å². The van der Waals surface area contributed by atoms with Crippen LogP contribution in [0.3, 0.4) is 0 Å². The van der Waals surface area contributed by atoms with Gasteiger partial charge < -0.3 is 4.98 Å². The molecule has 1 heterocycles. The van der Waals surface area contributed by atoms with Crippen LogP contribution in [-0.2, 0) is 6.18 Å². The Bertz CT molecular complexity index is 714. The number of alkyl halides is 3. The molecule has 1 aromatic carbocycles. The van der Waals surface area contributed by atoms with Gasteiger partial charge in [0.1, 0.15) is 11.8 Å². The minimum atomic E-state index is -4.68. The Morgan fingerprint density at radius 2 is 1.75 bits per heavy atom. The summed E-state index contributed by atoms with van der Waals surface area (Å²) in [5.74, 6) is 0. The lowest BCUT2D eigenvalue weighted by atomic mass is 10.1.